The first-order valence-corrected chi connectivity index (χ1v) is 7.16. The molecular weight excluding hydrogens is 212 g/mol. The van der Waals surface area contributed by atoms with Crippen molar-refractivity contribution in [2.24, 2.45) is 11.7 Å². The summed E-state index contributed by atoms with van der Waals surface area (Å²) in [6.45, 7) is 4.33. The van der Waals surface area contributed by atoms with Crippen LogP contribution in [0.3, 0.4) is 0 Å². The molecule has 3 unspecified atom stereocenters. The lowest BCUT2D eigenvalue weighted by atomic mass is 9.95. The highest BCUT2D eigenvalue weighted by molar-refractivity contribution is 5.74. The zero-order valence-electron chi connectivity index (χ0n) is 11.4. The van der Waals surface area contributed by atoms with Gasteiger partial charge in [-0.05, 0) is 32.1 Å². The summed E-state index contributed by atoms with van der Waals surface area (Å²) in [5.74, 6) is 0.723. The molecule has 3 atom stereocenters. The van der Waals surface area contributed by atoms with E-state index in [9.17, 15) is 4.79 Å². The van der Waals surface area contributed by atoms with E-state index in [1.54, 1.807) is 0 Å². The third-order valence-corrected chi connectivity index (χ3v) is 3.81. The highest BCUT2D eigenvalue weighted by atomic mass is 16.1. The van der Waals surface area contributed by atoms with Gasteiger partial charge in [-0.3, -0.25) is 4.79 Å². The van der Waals surface area contributed by atoms with E-state index in [1.807, 2.05) is 0 Å². The first-order valence-electron chi connectivity index (χ1n) is 7.16. The van der Waals surface area contributed by atoms with Gasteiger partial charge in [0, 0.05) is 18.5 Å². The van der Waals surface area contributed by atoms with Gasteiger partial charge in [0.15, 0.2) is 0 Å². The van der Waals surface area contributed by atoms with Crippen molar-refractivity contribution in [3.05, 3.63) is 0 Å². The Labute approximate surface area is 106 Å². The molecule has 0 heterocycles. The largest absolute Gasteiger partial charge is 0.370 e. The molecule has 0 aromatic carbocycles. The molecule has 0 aromatic rings. The summed E-state index contributed by atoms with van der Waals surface area (Å²) < 4.78 is 0. The molecule has 3 nitrogen and oxygen atoms in total. The molecule has 3 heteroatoms. The summed E-state index contributed by atoms with van der Waals surface area (Å²) in [5.41, 5.74) is 5.21. The maximum atomic E-state index is 10.8. The van der Waals surface area contributed by atoms with Crippen molar-refractivity contribution in [3.63, 3.8) is 0 Å². The van der Waals surface area contributed by atoms with E-state index in [4.69, 9.17) is 5.73 Å². The molecule has 1 aliphatic rings. The predicted molar refractivity (Wildman–Crippen MR) is 71.7 cm³/mol. The molecular formula is C14H28N2O. The number of amides is 1. The van der Waals surface area contributed by atoms with Gasteiger partial charge in [-0.15, -0.1) is 0 Å². The van der Waals surface area contributed by atoms with Crippen LogP contribution in [0.1, 0.15) is 65.2 Å². The number of hydrogen-bond acceptors (Lipinski definition) is 2. The summed E-state index contributed by atoms with van der Waals surface area (Å²) in [7, 11) is 0. The van der Waals surface area contributed by atoms with Crippen LogP contribution < -0.4 is 11.1 Å². The van der Waals surface area contributed by atoms with Crippen molar-refractivity contribution in [2.75, 3.05) is 0 Å². The van der Waals surface area contributed by atoms with E-state index in [-0.39, 0.29) is 11.9 Å². The highest BCUT2D eigenvalue weighted by Gasteiger charge is 2.19. The smallest absolute Gasteiger partial charge is 0.218 e. The number of hydrogen-bond donors (Lipinski definition) is 2. The van der Waals surface area contributed by atoms with Crippen molar-refractivity contribution >= 4 is 5.91 Å². The third kappa shape index (κ3) is 6.06. The fourth-order valence-electron chi connectivity index (χ4n) is 3.01. The first kappa shape index (κ1) is 14.5. The zero-order valence-corrected chi connectivity index (χ0v) is 11.4. The van der Waals surface area contributed by atoms with Gasteiger partial charge in [-0.1, -0.05) is 32.6 Å². The van der Waals surface area contributed by atoms with Crippen LogP contribution >= 0.6 is 0 Å². The molecule has 100 valence electrons. The van der Waals surface area contributed by atoms with Gasteiger partial charge >= 0.3 is 0 Å². The molecule has 1 saturated carbocycles. The van der Waals surface area contributed by atoms with E-state index >= 15 is 0 Å². The molecule has 0 aliphatic heterocycles. The second kappa shape index (κ2) is 7.70. The number of nitrogens with two attached hydrogens (primary N) is 1. The van der Waals surface area contributed by atoms with Gasteiger partial charge in [0.2, 0.25) is 5.91 Å². The van der Waals surface area contributed by atoms with Gasteiger partial charge in [0.05, 0.1) is 0 Å². The maximum absolute atomic E-state index is 10.8. The number of primary amides is 1. The van der Waals surface area contributed by atoms with Gasteiger partial charge in [0.1, 0.15) is 0 Å². The van der Waals surface area contributed by atoms with Crippen LogP contribution in [0.15, 0.2) is 0 Å². The summed E-state index contributed by atoms with van der Waals surface area (Å²) in [6.07, 6.45) is 9.70. The van der Waals surface area contributed by atoms with Gasteiger partial charge in [0.25, 0.3) is 0 Å². The SMILES string of the molecule is CCCC1CCCC(NC(C)CC(N)=O)CC1. The minimum Gasteiger partial charge on any atom is -0.370 e. The van der Waals surface area contributed by atoms with Crippen molar-refractivity contribution in [3.8, 4) is 0 Å². The average molecular weight is 240 g/mol. The Kier molecular flexibility index (Phi) is 6.56. The van der Waals surface area contributed by atoms with Crippen LogP contribution in [0.4, 0.5) is 0 Å². The van der Waals surface area contributed by atoms with Gasteiger partial charge < -0.3 is 11.1 Å². The maximum Gasteiger partial charge on any atom is 0.218 e. The number of carbonyl (C=O) groups excluding carboxylic acids is 1. The fraction of sp³-hybridized carbons (Fsp3) is 0.929. The molecule has 1 aliphatic carbocycles. The van der Waals surface area contributed by atoms with Crippen molar-refractivity contribution in [2.45, 2.75) is 77.3 Å². The number of nitrogens with one attached hydrogen (secondary N) is 1. The van der Waals surface area contributed by atoms with Crippen molar-refractivity contribution in [1.82, 2.24) is 5.32 Å². The van der Waals surface area contributed by atoms with Crippen LogP contribution in [-0.2, 0) is 4.79 Å². The van der Waals surface area contributed by atoms with Gasteiger partial charge in [-0.2, -0.15) is 0 Å². The van der Waals surface area contributed by atoms with Crippen LogP contribution in [0.2, 0.25) is 0 Å². The average Bonchev–Trinajstić information content (AvgIpc) is 2.43. The number of carbonyl (C=O) groups is 1. The van der Waals surface area contributed by atoms with Crippen LogP contribution in [0.25, 0.3) is 0 Å². The van der Waals surface area contributed by atoms with Crippen molar-refractivity contribution in [1.29, 1.82) is 0 Å². The topological polar surface area (TPSA) is 55.1 Å². The summed E-state index contributed by atoms with van der Waals surface area (Å²) in [6, 6.07) is 0.812. The second-order valence-corrected chi connectivity index (χ2v) is 5.60. The number of rotatable bonds is 6. The molecule has 0 spiro atoms. The summed E-state index contributed by atoms with van der Waals surface area (Å²) >= 11 is 0. The standard InChI is InChI=1S/C14H28N2O/c1-3-5-12-6-4-7-13(9-8-12)16-11(2)10-14(15)17/h11-13,16H,3-10H2,1-2H3,(H2,15,17). The fourth-order valence-corrected chi connectivity index (χ4v) is 3.01. The summed E-state index contributed by atoms with van der Waals surface area (Å²) in [5, 5.41) is 3.55. The monoisotopic (exact) mass is 240 g/mol. The van der Waals surface area contributed by atoms with Gasteiger partial charge in [-0.25, -0.2) is 0 Å². The minimum absolute atomic E-state index is 0.206. The molecule has 0 saturated heterocycles. The van der Waals surface area contributed by atoms with E-state index in [0.717, 1.165) is 5.92 Å². The third-order valence-electron chi connectivity index (χ3n) is 3.81. The normalized spacial score (nSPS) is 27.4. The Morgan fingerprint density at radius 2 is 2.12 bits per heavy atom. The van der Waals surface area contributed by atoms with E-state index in [0.29, 0.717) is 12.5 Å². The molecule has 0 bridgehead atoms. The Bertz CT molecular complexity index is 230. The second-order valence-electron chi connectivity index (χ2n) is 5.60. The Morgan fingerprint density at radius 3 is 2.76 bits per heavy atom. The molecule has 0 aromatic heterocycles. The Hall–Kier alpha value is -0.570. The van der Waals surface area contributed by atoms with E-state index in [1.165, 1.54) is 44.9 Å². The van der Waals surface area contributed by atoms with Crippen molar-refractivity contribution < 1.29 is 4.79 Å². The molecule has 17 heavy (non-hydrogen) atoms. The zero-order chi connectivity index (χ0) is 12.7. The van der Waals surface area contributed by atoms with Crippen LogP contribution in [0.5, 0.6) is 0 Å². The highest BCUT2D eigenvalue weighted by Crippen LogP contribution is 2.26. The lowest BCUT2D eigenvalue weighted by molar-refractivity contribution is -0.118. The van der Waals surface area contributed by atoms with E-state index < -0.39 is 0 Å². The summed E-state index contributed by atoms with van der Waals surface area (Å²) in [4.78, 5) is 10.8. The van der Waals surface area contributed by atoms with Crippen LogP contribution in [0, 0.1) is 5.92 Å². The molecule has 1 amide bonds. The minimum atomic E-state index is -0.206. The quantitative estimate of drug-likeness (QED) is 0.701. The Balaban J connectivity index is 2.28. The lowest BCUT2D eigenvalue weighted by Crippen LogP contribution is -2.38. The van der Waals surface area contributed by atoms with Crippen LogP contribution in [-0.4, -0.2) is 18.0 Å². The molecule has 3 N–H and O–H groups in total. The predicted octanol–water partition coefficient (Wildman–Crippen LogP) is 2.59. The molecule has 1 fully saturated rings. The molecule has 0 radical (unpaired) electrons. The first-order chi connectivity index (χ1) is 8.11. The molecule has 1 rings (SSSR count). The van der Waals surface area contributed by atoms with E-state index in [2.05, 4.69) is 19.2 Å². The Morgan fingerprint density at radius 1 is 1.35 bits per heavy atom. The lowest BCUT2D eigenvalue weighted by Gasteiger charge is -2.21.